The molecule has 7 nitrogen and oxygen atoms in total. The second-order valence-corrected chi connectivity index (χ2v) is 8.63. The van der Waals surface area contributed by atoms with Gasteiger partial charge in [-0.15, -0.1) is 24.0 Å². The Morgan fingerprint density at radius 3 is 2.39 bits per heavy atom. The van der Waals surface area contributed by atoms with E-state index in [1.165, 1.54) is 0 Å². The van der Waals surface area contributed by atoms with Gasteiger partial charge in [0.2, 0.25) is 5.75 Å². The Hall–Kier alpha value is -1.42. The summed E-state index contributed by atoms with van der Waals surface area (Å²) in [7, 11) is 4.85. The number of halogens is 1. The Balaban J connectivity index is 0.00000480. The van der Waals surface area contributed by atoms with Gasteiger partial charge >= 0.3 is 0 Å². The maximum Gasteiger partial charge on any atom is 0.203 e. The van der Waals surface area contributed by atoms with Crippen molar-refractivity contribution in [1.29, 1.82) is 0 Å². The molecule has 2 rings (SSSR count). The molecule has 0 radical (unpaired) electrons. The number of rotatable bonds is 8. The summed E-state index contributed by atoms with van der Waals surface area (Å²) in [5, 5.41) is 6.85. The molecule has 1 heterocycles. The first-order valence-corrected chi connectivity index (χ1v) is 10.8. The lowest BCUT2D eigenvalue weighted by molar-refractivity contribution is -0.0835. The molecule has 1 aliphatic rings. The van der Waals surface area contributed by atoms with Crippen LogP contribution in [0.3, 0.4) is 0 Å². The van der Waals surface area contributed by atoms with Crippen LogP contribution in [-0.4, -0.2) is 53.1 Å². The fourth-order valence-corrected chi connectivity index (χ4v) is 4.03. The molecule has 8 heteroatoms. The molecule has 31 heavy (non-hydrogen) atoms. The van der Waals surface area contributed by atoms with Crippen molar-refractivity contribution >= 4 is 29.9 Å². The number of nitrogens with zero attached hydrogens (tertiary/aromatic N) is 1. The monoisotopic (exact) mass is 549 g/mol. The third-order valence-electron chi connectivity index (χ3n) is 5.37. The fourth-order valence-electron chi connectivity index (χ4n) is 4.03. The van der Waals surface area contributed by atoms with Crippen LogP contribution in [0.4, 0.5) is 0 Å². The minimum absolute atomic E-state index is 0. The molecule has 2 N–H and O–H groups in total. The van der Waals surface area contributed by atoms with Gasteiger partial charge in [-0.3, -0.25) is 0 Å². The van der Waals surface area contributed by atoms with E-state index in [0.717, 1.165) is 44.1 Å². The van der Waals surface area contributed by atoms with Crippen LogP contribution in [0.5, 0.6) is 17.2 Å². The summed E-state index contributed by atoms with van der Waals surface area (Å²) in [6.07, 6.45) is 2.51. The SMILES string of the molecule is CCNC(=NCc1ccc(OC)c(OC)c1OC)NCC1CCCOC1C(C)(C)C.I. The Morgan fingerprint density at radius 1 is 1.10 bits per heavy atom. The maximum absolute atomic E-state index is 6.11. The van der Waals surface area contributed by atoms with Crippen LogP contribution in [0.25, 0.3) is 0 Å². The molecule has 0 aromatic heterocycles. The number of aliphatic imine (C=N–C) groups is 1. The van der Waals surface area contributed by atoms with Gasteiger partial charge < -0.3 is 29.6 Å². The van der Waals surface area contributed by atoms with Crippen LogP contribution in [0.15, 0.2) is 17.1 Å². The van der Waals surface area contributed by atoms with Crippen LogP contribution in [0.1, 0.15) is 46.1 Å². The van der Waals surface area contributed by atoms with E-state index in [-0.39, 0.29) is 35.5 Å². The third-order valence-corrected chi connectivity index (χ3v) is 5.37. The molecule has 1 aliphatic heterocycles. The highest BCUT2D eigenvalue weighted by atomic mass is 127. The molecule has 1 saturated heterocycles. The molecule has 1 aromatic rings. The quantitative estimate of drug-likeness (QED) is 0.288. The fraction of sp³-hybridized carbons (Fsp3) is 0.696. The second kappa shape index (κ2) is 13.2. The summed E-state index contributed by atoms with van der Waals surface area (Å²) in [5.74, 6) is 3.10. The van der Waals surface area contributed by atoms with Gasteiger partial charge in [0.25, 0.3) is 0 Å². The number of hydrogen-bond acceptors (Lipinski definition) is 5. The molecule has 0 spiro atoms. The number of nitrogens with one attached hydrogen (secondary N) is 2. The zero-order valence-electron chi connectivity index (χ0n) is 20.0. The molecule has 0 bridgehead atoms. The largest absolute Gasteiger partial charge is 0.493 e. The van der Waals surface area contributed by atoms with Gasteiger partial charge in [-0.1, -0.05) is 20.8 Å². The average Bonchev–Trinajstić information content (AvgIpc) is 2.74. The van der Waals surface area contributed by atoms with Crippen molar-refractivity contribution in [2.45, 2.75) is 53.2 Å². The van der Waals surface area contributed by atoms with Crippen molar-refractivity contribution in [3.8, 4) is 17.2 Å². The van der Waals surface area contributed by atoms with Crippen LogP contribution >= 0.6 is 24.0 Å². The van der Waals surface area contributed by atoms with Crippen molar-refractivity contribution in [2.75, 3.05) is 41.0 Å². The zero-order chi connectivity index (χ0) is 22.1. The van der Waals surface area contributed by atoms with Gasteiger partial charge in [0, 0.05) is 31.2 Å². The van der Waals surface area contributed by atoms with Gasteiger partial charge in [0.05, 0.1) is 34.0 Å². The lowest BCUT2D eigenvalue weighted by atomic mass is 9.78. The molecule has 2 unspecified atom stereocenters. The topological polar surface area (TPSA) is 73.3 Å². The lowest BCUT2D eigenvalue weighted by Crippen LogP contribution is -2.47. The summed E-state index contributed by atoms with van der Waals surface area (Å²) in [5.41, 5.74) is 1.05. The summed E-state index contributed by atoms with van der Waals surface area (Å²) < 4.78 is 22.5. The molecule has 1 fully saturated rings. The van der Waals surface area contributed by atoms with Crippen LogP contribution in [0.2, 0.25) is 0 Å². The minimum Gasteiger partial charge on any atom is -0.493 e. The van der Waals surface area contributed by atoms with Gasteiger partial charge in [-0.2, -0.15) is 0 Å². The average molecular weight is 549 g/mol. The van der Waals surface area contributed by atoms with E-state index in [0.29, 0.717) is 29.7 Å². The summed E-state index contributed by atoms with van der Waals surface area (Å²) >= 11 is 0. The van der Waals surface area contributed by atoms with E-state index in [2.05, 4.69) is 38.3 Å². The lowest BCUT2D eigenvalue weighted by Gasteiger charge is -2.40. The van der Waals surface area contributed by atoms with Crippen LogP contribution in [-0.2, 0) is 11.3 Å². The van der Waals surface area contributed by atoms with Crippen LogP contribution < -0.4 is 24.8 Å². The van der Waals surface area contributed by atoms with Gasteiger partial charge in [-0.25, -0.2) is 4.99 Å². The molecule has 0 amide bonds. The highest BCUT2D eigenvalue weighted by Crippen LogP contribution is 2.40. The molecular formula is C23H40IN3O4. The number of methoxy groups -OCH3 is 3. The van der Waals surface area contributed by atoms with E-state index < -0.39 is 0 Å². The summed E-state index contributed by atoms with van der Waals surface area (Å²) in [4.78, 5) is 4.77. The molecular weight excluding hydrogens is 509 g/mol. The second-order valence-electron chi connectivity index (χ2n) is 8.63. The zero-order valence-corrected chi connectivity index (χ0v) is 22.4. The Morgan fingerprint density at radius 2 is 1.81 bits per heavy atom. The Bertz CT molecular complexity index is 707. The van der Waals surface area contributed by atoms with E-state index in [4.69, 9.17) is 23.9 Å². The van der Waals surface area contributed by atoms with Crippen molar-refractivity contribution in [3.05, 3.63) is 17.7 Å². The normalized spacial score (nSPS) is 19.3. The maximum atomic E-state index is 6.11. The molecule has 0 aliphatic carbocycles. The first kappa shape index (κ1) is 27.6. The van der Waals surface area contributed by atoms with Crippen molar-refractivity contribution in [1.82, 2.24) is 10.6 Å². The number of guanidine groups is 1. The number of hydrogen-bond donors (Lipinski definition) is 2. The standard InChI is InChI=1S/C23H39N3O4.HI/c1-8-24-22(26-15-17-10-9-13-30-21(17)23(2,3)4)25-14-16-11-12-18(27-5)20(29-7)19(16)28-6;/h11-12,17,21H,8-10,13-15H2,1-7H3,(H2,24,25,26);1H. The third kappa shape index (κ3) is 7.59. The van der Waals surface area contributed by atoms with Crippen LogP contribution in [0, 0.1) is 11.3 Å². The van der Waals surface area contributed by atoms with Crippen molar-refractivity contribution in [3.63, 3.8) is 0 Å². The van der Waals surface area contributed by atoms with E-state index in [9.17, 15) is 0 Å². The van der Waals surface area contributed by atoms with Crippen molar-refractivity contribution < 1.29 is 18.9 Å². The van der Waals surface area contributed by atoms with E-state index in [1.54, 1.807) is 21.3 Å². The predicted molar refractivity (Wildman–Crippen MR) is 136 cm³/mol. The highest BCUT2D eigenvalue weighted by Gasteiger charge is 2.35. The van der Waals surface area contributed by atoms with E-state index >= 15 is 0 Å². The minimum atomic E-state index is 0. The first-order valence-electron chi connectivity index (χ1n) is 10.8. The van der Waals surface area contributed by atoms with Gasteiger partial charge in [0.1, 0.15) is 0 Å². The smallest absolute Gasteiger partial charge is 0.203 e. The Labute approximate surface area is 204 Å². The molecule has 2 atom stereocenters. The first-order chi connectivity index (χ1) is 14.3. The molecule has 178 valence electrons. The molecule has 0 saturated carbocycles. The van der Waals surface area contributed by atoms with E-state index in [1.807, 2.05) is 12.1 Å². The van der Waals surface area contributed by atoms with Gasteiger partial charge in [0.15, 0.2) is 17.5 Å². The summed E-state index contributed by atoms with van der Waals surface area (Å²) in [6.45, 7) is 11.7. The Kier molecular flexibility index (Phi) is 11.8. The number of ether oxygens (including phenoxy) is 4. The highest BCUT2D eigenvalue weighted by molar-refractivity contribution is 14.0. The van der Waals surface area contributed by atoms with Crippen molar-refractivity contribution in [2.24, 2.45) is 16.3 Å². The summed E-state index contributed by atoms with van der Waals surface area (Å²) in [6, 6.07) is 3.83. The predicted octanol–water partition coefficient (Wildman–Crippen LogP) is 4.23. The molecule has 1 aromatic carbocycles. The van der Waals surface area contributed by atoms with Gasteiger partial charge in [-0.05, 0) is 37.3 Å². The number of benzene rings is 1.